The first-order chi connectivity index (χ1) is 15.2. The number of aliphatic hydroxyl groups is 1. The average Bonchev–Trinajstić information content (AvgIpc) is 2.83. The highest BCUT2D eigenvalue weighted by molar-refractivity contribution is 5.31. The maximum Gasteiger partial charge on any atom is 0.119 e. The maximum atomic E-state index is 11.2. The minimum atomic E-state index is -0.722. The van der Waals surface area contributed by atoms with E-state index in [1.54, 1.807) is 0 Å². The molecule has 3 aromatic rings. The first kappa shape index (κ1) is 21.6. The summed E-state index contributed by atoms with van der Waals surface area (Å²) < 4.78 is 5.88. The van der Waals surface area contributed by atoms with E-state index in [4.69, 9.17) is 4.74 Å². The molecule has 0 saturated heterocycles. The van der Waals surface area contributed by atoms with Crippen LogP contribution in [0.5, 0.6) is 5.75 Å². The second kappa shape index (κ2) is 10.6. The molecule has 4 rings (SSSR count). The summed E-state index contributed by atoms with van der Waals surface area (Å²) >= 11 is 0. The normalized spacial score (nSPS) is 21.0. The number of benzene rings is 3. The van der Waals surface area contributed by atoms with Gasteiger partial charge in [-0.05, 0) is 73.9 Å². The summed E-state index contributed by atoms with van der Waals surface area (Å²) in [5, 5.41) is 14.9. The second-order valence-electron chi connectivity index (χ2n) is 8.65. The van der Waals surface area contributed by atoms with Gasteiger partial charge in [-0.2, -0.15) is 0 Å². The van der Waals surface area contributed by atoms with E-state index in [2.05, 4.69) is 47.8 Å². The minimum absolute atomic E-state index is 0.504. The van der Waals surface area contributed by atoms with Crippen LogP contribution in [0.25, 0.3) is 0 Å². The van der Waals surface area contributed by atoms with Crippen molar-refractivity contribution < 1.29 is 9.84 Å². The van der Waals surface area contributed by atoms with Gasteiger partial charge in [-0.15, -0.1) is 0 Å². The molecule has 162 valence electrons. The molecule has 0 aliphatic heterocycles. The zero-order chi connectivity index (χ0) is 21.4. The van der Waals surface area contributed by atoms with E-state index in [-0.39, 0.29) is 0 Å². The van der Waals surface area contributed by atoms with Crippen molar-refractivity contribution in [3.8, 4) is 5.75 Å². The monoisotopic (exact) mass is 415 g/mol. The van der Waals surface area contributed by atoms with Crippen LogP contribution in [0.1, 0.15) is 48.8 Å². The zero-order valence-electron chi connectivity index (χ0n) is 18.2. The van der Waals surface area contributed by atoms with Crippen molar-refractivity contribution in [1.29, 1.82) is 0 Å². The van der Waals surface area contributed by atoms with Gasteiger partial charge >= 0.3 is 0 Å². The van der Waals surface area contributed by atoms with Crippen LogP contribution in [0.3, 0.4) is 0 Å². The van der Waals surface area contributed by atoms with Gasteiger partial charge in [-0.1, -0.05) is 72.8 Å². The molecule has 3 heteroatoms. The Bertz CT molecular complexity index is 901. The van der Waals surface area contributed by atoms with E-state index < -0.39 is 5.60 Å². The third-order valence-corrected chi connectivity index (χ3v) is 6.37. The first-order valence-electron chi connectivity index (χ1n) is 11.5. The van der Waals surface area contributed by atoms with Gasteiger partial charge < -0.3 is 15.2 Å². The van der Waals surface area contributed by atoms with E-state index >= 15 is 0 Å². The molecule has 1 fully saturated rings. The van der Waals surface area contributed by atoms with E-state index in [0.29, 0.717) is 12.6 Å². The van der Waals surface area contributed by atoms with Crippen LogP contribution >= 0.6 is 0 Å². The van der Waals surface area contributed by atoms with Crippen LogP contribution in [-0.2, 0) is 18.6 Å². The van der Waals surface area contributed by atoms with Crippen molar-refractivity contribution in [2.45, 2.75) is 56.8 Å². The van der Waals surface area contributed by atoms with Crippen molar-refractivity contribution in [3.05, 3.63) is 102 Å². The second-order valence-corrected chi connectivity index (χ2v) is 8.65. The molecule has 3 aromatic carbocycles. The summed E-state index contributed by atoms with van der Waals surface area (Å²) in [6.07, 6.45) is 5.88. The highest BCUT2D eigenvalue weighted by Crippen LogP contribution is 2.37. The van der Waals surface area contributed by atoms with Crippen molar-refractivity contribution in [2.75, 3.05) is 6.54 Å². The molecule has 0 radical (unpaired) electrons. The molecular formula is C28H33NO2. The van der Waals surface area contributed by atoms with E-state index in [1.807, 2.05) is 42.5 Å². The van der Waals surface area contributed by atoms with Crippen LogP contribution in [0.4, 0.5) is 0 Å². The number of hydrogen-bond acceptors (Lipinski definition) is 3. The number of aryl methyl sites for hydroxylation is 1. The standard InChI is InChI=1S/C28H33NO2/c30-28(25-13-15-27(16-14-25)31-22-24-10-5-2-6-11-24)19-17-26(18-20-28)29-21-7-12-23-8-3-1-4-9-23/h1-6,8-11,13-16,26,29-30H,7,12,17-22H2/t26-,28-. The van der Waals surface area contributed by atoms with Crippen molar-refractivity contribution >= 4 is 0 Å². The van der Waals surface area contributed by atoms with E-state index in [1.165, 1.54) is 5.56 Å². The lowest BCUT2D eigenvalue weighted by Crippen LogP contribution is -2.40. The molecule has 1 saturated carbocycles. The summed E-state index contributed by atoms with van der Waals surface area (Å²) in [5.41, 5.74) is 2.83. The smallest absolute Gasteiger partial charge is 0.119 e. The molecule has 0 amide bonds. The zero-order valence-corrected chi connectivity index (χ0v) is 18.2. The summed E-state index contributed by atoms with van der Waals surface area (Å²) in [5.74, 6) is 0.838. The number of hydrogen-bond donors (Lipinski definition) is 2. The number of nitrogens with one attached hydrogen (secondary N) is 1. The van der Waals surface area contributed by atoms with Gasteiger partial charge in [0.05, 0.1) is 5.60 Å². The summed E-state index contributed by atoms with van der Waals surface area (Å²) in [6.45, 7) is 1.59. The lowest BCUT2D eigenvalue weighted by atomic mass is 9.77. The topological polar surface area (TPSA) is 41.5 Å². The van der Waals surface area contributed by atoms with Crippen LogP contribution in [0.2, 0.25) is 0 Å². The fraction of sp³-hybridized carbons (Fsp3) is 0.357. The van der Waals surface area contributed by atoms with Crippen LogP contribution < -0.4 is 10.1 Å². The Hall–Kier alpha value is -2.62. The maximum absolute atomic E-state index is 11.2. The third-order valence-electron chi connectivity index (χ3n) is 6.37. The highest BCUT2D eigenvalue weighted by Gasteiger charge is 2.34. The quantitative estimate of drug-likeness (QED) is 0.446. The molecule has 0 atom stereocenters. The molecular weight excluding hydrogens is 382 g/mol. The minimum Gasteiger partial charge on any atom is -0.489 e. The molecule has 0 aromatic heterocycles. The van der Waals surface area contributed by atoms with Crippen molar-refractivity contribution in [1.82, 2.24) is 5.32 Å². The van der Waals surface area contributed by atoms with Gasteiger partial charge in [-0.25, -0.2) is 0 Å². The lowest BCUT2D eigenvalue weighted by molar-refractivity contribution is -0.00832. The predicted octanol–water partition coefficient (Wildman–Crippen LogP) is 5.62. The lowest BCUT2D eigenvalue weighted by Gasteiger charge is -2.37. The first-order valence-corrected chi connectivity index (χ1v) is 11.5. The Balaban J connectivity index is 1.20. The Morgan fingerprint density at radius 3 is 2.06 bits per heavy atom. The van der Waals surface area contributed by atoms with Crippen molar-refractivity contribution in [2.24, 2.45) is 0 Å². The molecule has 0 heterocycles. The molecule has 1 aliphatic carbocycles. The molecule has 0 unspecified atom stereocenters. The molecule has 2 N–H and O–H groups in total. The predicted molar refractivity (Wildman–Crippen MR) is 126 cm³/mol. The fourth-order valence-corrected chi connectivity index (χ4v) is 4.43. The highest BCUT2D eigenvalue weighted by atomic mass is 16.5. The van der Waals surface area contributed by atoms with Crippen LogP contribution in [-0.4, -0.2) is 17.7 Å². The van der Waals surface area contributed by atoms with Gasteiger partial charge in [0, 0.05) is 6.04 Å². The van der Waals surface area contributed by atoms with Crippen molar-refractivity contribution in [3.63, 3.8) is 0 Å². The van der Waals surface area contributed by atoms with Crippen LogP contribution in [0, 0.1) is 0 Å². The van der Waals surface area contributed by atoms with E-state index in [0.717, 1.165) is 61.9 Å². The fourth-order valence-electron chi connectivity index (χ4n) is 4.43. The van der Waals surface area contributed by atoms with Gasteiger partial charge in [0.25, 0.3) is 0 Å². The Labute approximate surface area is 186 Å². The molecule has 0 bridgehead atoms. The number of ether oxygens (including phenoxy) is 1. The van der Waals surface area contributed by atoms with Gasteiger partial charge in [0.1, 0.15) is 12.4 Å². The molecule has 1 aliphatic rings. The Morgan fingerprint density at radius 1 is 0.806 bits per heavy atom. The molecule has 0 spiro atoms. The summed E-state index contributed by atoms with van der Waals surface area (Å²) in [4.78, 5) is 0. The molecule has 31 heavy (non-hydrogen) atoms. The van der Waals surface area contributed by atoms with Gasteiger partial charge in [-0.3, -0.25) is 0 Å². The summed E-state index contributed by atoms with van der Waals surface area (Å²) in [6, 6.07) is 29.3. The molecule has 3 nitrogen and oxygen atoms in total. The van der Waals surface area contributed by atoms with Gasteiger partial charge in [0.2, 0.25) is 0 Å². The third kappa shape index (κ3) is 6.19. The Kier molecular flexibility index (Phi) is 7.39. The Morgan fingerprint density at radius 2 is 1.42 bits per heavy atom. The van der Waals surface area contributed by atoms with Gasteiger partial charge in [0.15, 0.2) is 0 Å². The van der Waals surface area contributed by atoms with E-state index in [9.17, 15) is 5.11 Å². The SMILES string of the molecule is O[C@]1(c2ccc(OCc3ccccc3)cc2)CC[C@@H](NCCCc2ccccc2)CC1. The van der Waals surface area contributed by atoms with Crippen LogP contribution in [0.15, 0.2) is 84.9 Å². The average molecular weight is 416 g/mol. The largest absolute Gasteiger partial charge is 0.489 e. The summed E-state index contributed by atoms with van der Waals surface area (Å²) in [7, 11) is 0. The number of rotatable bonds is 9.